The predicted octanol–water partition coefficient (Wildman–Crippen LogP) is 3.16. The largest absolute Gasteiger partial charge is 0.503 e. The number of benzene rings is 2. The van der Waals surface area contributed by atoms with Crippen molar-refractivity contribution in [3.05, 3.63) is 115 Å². The number of nitro groups is 1. The van der Waals surface area contributed by atoms with Gasteiger partial charge in [-0.3, -0.25) is 19.9 Å². The molecule has 3 heterocycles. The Hall–Kier alpha value is -5.59. The molecule has 0 spiro atoms. The van der Waals surface area contributed by atoms with Gasteiger partial charge in [0.15, 0.2) is 5.75 Å². The van der Waals surface area contributed by atoms with E-state index in [2.05, 4.69) is 15.3 Å². The summed E-state index contributed by atoms with van der Waals surface area (Å²) in [6.45, 7) is 2.52. The van der Waals surface area contributed by atoms with Gasteiger partial charge in [0, 0.05) is 60.2 Å². The Balaban J connectivity index is 1.26. The maximum absolute atomic E-state index is 12.2. The molecule has 0 aliphatic carbocycles. The van der Waals surface area contributed by atoms with Crippen molar-refractivity contribution in [1.29, 1.82) is 0 Å². The molecular formula is C27H22N6O7. The van der Waals surface area contributed by atoms with E-state index in [1.54, 1.807) is 60.4 Å². The second-order valence-corrected chi connectivity index (χ2v) is 8.74. The lowest BCUT2D eigenvalue weighted by atomic mass is 10.1. The molecule has 0 aliphatic rings. The number of pyridine rings is 1. The van der Waals surface area contributed by atoms with Crippen molar-refractivity contribution in [2.24, 2.45) is 4.99 Å². The van der Waals surface area contributed by atoms with E-state index in [-0.39, 0.29) is 18.0 Å². The van der Waals surface area contributed by atoms with E-state index in [1.165, 1.54) is 28.9 Å². The minimum absolute atomic E-state index is 0.0212. The Morgan fingerprint density at radius 2 is 1.95 bits per heavy atom. The second-order valence-electron chi connectivity index (χ2n) is 8.74. The SMILES string of the molecule is Cc1c(O)c(=O)ccn1CCN=Cc1cc(=O)oc2cc(OCc3cn(-c4ccc([N+](=O)[O-])cc4)nn3)ccc12. The Kier molecular flexibility index (Phi) is 7.18. The topological polar surface area (TPSA) is 168 Å². The van der Waals surface area contributed by atoms with Gasteiger partial charge in [-0.25, -0.2) is 9.48 Å². The lowest BCUT2D eigenvalue weighted by Gasteiger charge is -2.09. The number of aromatic hydroxyl groups is 1. The average Bonchev–Trinajstić information content (AvgIpc) is 3.43. The van der Waals surface area contributed by atoms with Crippen LogP contribution in [0.15, 0.2) is 86.0 Å². The van der Waals surface area contributed by atoms with E-state index in [0.29, 0.717) is 52.4 Å². The van der Waals surface area contributed by atoms with Gasteiger partial charge in [-0.1, -0.05) is 5.21 Å². The summed E-state index contributed by atoms with van der Waals surface area (Å²) >= 11 is 0. The van der Waals surface area contributed by atoms with E-state index < -0.39 is 16.0 Å². The van der Waals surface area contributed by atoms with Gasteiger partial charge in [-0.05, 0) is 31.2 Å². The summed E-state index contributed by atoms with van der Waals surface area (Å²) in [6, 6.07) is 13.6. The van der Waals surface area contributed by atoms with Crippen LogP contribution in [-0.2, 0) is 13.2 Å². The second kappa shape index (κ2) is 11.0. The minimum atomic E-state index is -0.543. The predicted molar refractivity (Wildman–Crippen MR) is 144 cm³/mol. The summed E-state index contributed by atoms with van der Waals surface area (Å²) in [5, 5.41) is 29.4. The van der Waals surface area contributed by atoms with E-state index >= 15 is 0 Å². The van der Waals surface area contributed by atoms with E-state index in [9.17, 15) is 24.8 Å². The van der Waals surface area contributed by atoms with Crippen molar-refractivity contribution in [3.63, 3.8) is 0 Å². The van der Waals surface area contributed by atoms with Gasteiger partial charge in [-0.15, -0.1) is 5.10 Å². The molecule has 0 bridgehead atoms. The molecule has 0 fully saturated rings. The zero-order valence-corrected chi connectivity index (χ0v) is 21.1. The molecule has 0 saturated carbocycles. The van der Waals surface area contributed by atoms with Gasteiger partial charge in [0.25, 0.3) is 5.69 Å². The Morgan fingerprint density at radius 1 is 1.15 bits per heavy atom. The lowest BCUT2D eigenvalue weighted by molar-refractivity contribution is -0.384. The first-order valence-corrected chi connectivity index (χ1v) is 12.0. The number of ether oxygens (including phenoxy) is 1. The number of hydrogen-bond acceptors (Lipinski definition) is 10. The summed E-state index contributed by atoms with van der Waals surface area (Å²) in [5.41, 5.74) is 1.48. The Morgan fingerprint density at radius 3 is 2.73 bits per heavy atom. The fourth-order valence-corrected chi connectivity index (χ4v) is 3.97. The van der Waals surface area contributed by atoms with Crippen LogP contribution in [0.3, 0.4) is 0 Å². The smallest absolute Gasteiger partial charge is 0.336 e. The van der Waals surface area contributed by atoms with E-state index in [1.807, 2.05) is 0 Å². The summed E-state index contributed by atoms with van der Waals surface area (Å²) in [5.74, 6) is 0.161. The molecule has 5 aromatic rings. The van der Waals surface area contributed by atoms with Crippen molar-refractivity contribution < 1.29 is 19.2 Å². The van der Waals surface area contributed by atoms with Crippen molar-refractivity contribution in [2.75, 3.05) is 6.54 Å². The Bertz CT molecular complexity index is 1850. The number of fused-ring (bicyclic) bond motifs is 1. The first-order chi connectivity index (χ1) is 19.3. The van der Waals surface area contributed by atoms with Crippen LogP contribution in [0.1, 0.15) is 17.0 Å². The van der Waals surface area contributed by atoms with Crippen molar-refractivity contribution >= 4 is 22.9 Å². The third-order valence-corrected chi connectivity index (χ3v) is 6.11. The van der Waals surface area contributed by atoms with Gasteiger partial charge in [0.1, 0.15) is 23.6 Å². The van der Waals surface area contributed by atoms with E-state index in [0.717, 1.165) is 0 Å². The molecule has 3 aromatic heterocycles. The monoisotopic (exact) mass is 542 g/mol. The Labute approximate surface area is 225 Å². The van der Waals surface area contributed by atoms with Crippen LogP contribution in [0.4, 0.5) is 5.69 Å². The van der Waals surface area contributed by atoms with Crippen LogP contribution in [-0.4, -0.2) is 42.4 Å². The standard InChI is InChI=1S/C27H22N6O7/c1-17-27(36)24(34)8-10-31(17)11-9-28-14-18-12-26(35)40-25-13-22(6-7-23(18)25)39-16-19-15-32(30-29-19)20-2-4-21(5-3-20)33(37)38/h2-8,10,12-15,36H,9,11,16H2,1H3. The quantitative estimate of drug-likeness (QED) is 0.127. The van der Waals surface area contributed by atoms with Crippen LogP contribution in [0.25, 0.3) is 16.7 Å². The molecule has 2 aromatic carbocycles. The highest BCUT2D eigenvalue weighted by Crippen LogP contribution is 2.23. The van der Waals surface area contributed by atoms with Crippen LogP contribution >= 0.6 is 0 Å². The molecular weight excluding hydrogens is 520 g/mol. The lowest BCUT2D eigenvalue weighted by Crippen LogP contribution is -2.11. The number of non-ortho nitro benzene ring substituents is 1. The molecule has 13 heteroatoms. The molecule has 1 N–H and O–H groups in total. The highest BCUT2D eigenvalue weighted by molar-refractivity contribution is 5.97. The van der Waals surface area contributed by atoms with Gasteiger partial charge in [-0.2, -0.15) is 0 Å². The molecule has 202 valence electrons. The van der Waals surface area contributed by atoms with Crippen molar-refractivity contribution in [1.82, 2.24) is 19.6 Å². The number of nitro benzene ring substituents is 1. The van der Waals surface area contributed by atoms with Gasteiger partial charge < -0.3 is 18.8 Å². The molecule has 0 atom stereocenters. The zero-order valence-electron chi connectivity index (χ0n) is 21.1. The molecule has 40 heavy (non-hydrogen) atoms. The number of aromatic nitrogens is 4. The molecule has 0 unspecified atom stereocenters. The first kappa shape index (κ1) is 26.0. The number of rotatable bonds is 9. The number of hydrogen-bond donors (Lipinski definition) is 1. The van der Waals surface area contributed by atoms with Crippen LogP contribution in [0.5, 0.6) is 11.5 Å². The summed E-state index contributed by atoms with van der Waals surface area (Å²) < 4.78 is 14.4. The number of nitrogens with zero attached hydrogens (tertiary/aromatic N) is 6. The van der Waals surface area contributed by atoms with Gasteiger partial charge in [0.2, 0.25) is 5.43 Å². The molecule has 5 rings (SSSR count). The molecule has 0 amide bonds. The summed E-state index contributed by atoms with van der Waals surface area (Å²) in [7, 11) is 0. The minimum Gasteiger partial charge on any atom is -0.503 e. The summed E-state index contributed by atoms with van der Waals surface area (Å²) in [6.07, 6.45) is 4.82. The molecule has 0 aliphatic heterocycles. The van der Waals surface area contributed by atoms with Crippen molar-refractivity contribution in [2.45, 2.75) is 20.1 Å². The molecule has 0 radical (unpaired) electrons. The average molecular weight is 543 g/mol. The number of aliphatic imine (C=N–C) groups is 1. The van der Waals surface area contributed by atoms with Crippen LogP contribution in [0.2, 0.25) is 0 Å². The zero-order chi connectivity index (χ0) is 28.2. The van der Waals surface area contributed by atoms with E-state index in [4.69, 9.17) is 9.15 Å². The third kappa shape index (κ3) is 5.62. The van der Waals surface area contributed by atoms with Crippen molar-refractivity contribution in [3.8, 4) is 17.2 Å². The van der Waals surface area contributed by atoms with Crippen LogP contribution in [0, 0.1) is 17.0 Å². The normalized spacial score (nSPS) is 11.3. The van der Waals surface area contributed by atoms with Crippen LogP contribution < -0.4 is 15.8 Å². The van der Waals surface area contributed by atoms with Gasteiger partial charge in [0.05, 0.1) is 29.0 Å². The summed E-state index contributed by atoms with van der Waals surface area (Å²) in [4.78, 5) is 38.4. The highest BCUT2D eigenvalue weighted by Gasteiger charge is 2.10. The maximum Gasteiger partial charge on any atom is 0.336 e. The fourth-order valence-electron chi connectivity index (χ4n) is 3.97. The fraction of sp³-hybridized carbons (Fsp3) is 0.148. The first-order valence-electron chi connectivity index (χ1n) is 12.0. The van der Waals surface area contributed by atoms with Gasteiger partial charge >= 0.3 is 5.63 Å². The molecule has 0 saturated heterocycles. The third-order valence-electron chi connectivity index (χ3n) is 6.11. The molecule has 13 nitrogen and oxygen atoms in total. The highest BCUT2D eigenvalue weighted by atomic mass is 16.6. The maximum atomic E-state index is 12.2.